The third-order valence-electron chi connectivity index (χ3n) is 4.80. The summed E-state index contributed by atoms with van der Waals surface area (Å²) in [6.07, 6.45) is 7.02. The topological polar surface area (TPSA) is 87.1 Å². The van der Waals surface area contributed by atoms with Crippen molar-refractivity contribution in [2.45, 2.75) is 45.7 Å². The third kappa shape index (κ3) is 3.91. The van der Waals surface area contributed by atoms with Gasteiger partial charge in [-0.05, 0) is 39.3 Å². The summed E-state index contributed by atoms with van der Waals surface area (Å²) in [5.74, 6) is 0.752. The molecule has 25 heavy (non-hydrogen) atoms. The minimum Gasteiger partial charge on any atom is -0.444 e. The first-order valence-electron chi connectivity index (χ1n) is 8.60. The van der Waals surface area contributed by atoms with Gasteiger partial charge in [-0.2, -0.15) is 10.4 Å². The molecule has 1 fully saturated rings. The van der Waals surface area contributed by atoms with Gasteiger partial charge in [0.05, 0.1) is 13.1 Å². The number of hydrogen-bond donors (Lipinski definition) is 1. The zero-order valence-corrected chi connectivity index (χ0v) is 14.7. The van der Waals surface area contributed by atoms with Gasteiger partial charge >= 0.3 is 0 Å². The Morgan fingerprint density at radius 2 is 2.32 bits per heavy atom. The van der Waals surface area contributed by atoms with E-state index >= 15 is 0 Å². The number of anilines is 1. The monoisotopic (exact) mass is 341 g/mol. The number of carbonyl (C=O) groups is 1. The van der Waals surface area contributed by atoms with E-state index < -0.39 is 0 Å². The molecule has 0 radical (unpaired) electrons. The standard InChI is InChI=1S/C18H23N5O2/c1-13-14(2)25-18(16(13)10-19)21-17(24)12-22-8-4-3-6-15(22)11-23-9-5-7-20-23/h5,7,9,15H,3-4,6,8,11-12H2,1-2H3,(H,21,24)/t15-/m0/s1. The lowest BCUT2D eigenvalue weighted by Crippen LogP contribution is -2.46. The van der Waals surface area contributed by atoms with Crippen molar-refractivity contribution in [3.05, 3.63) is 35.3 Å². The summed E-state index contributed by atoms with van der Waals surface area (Å²) >= 11 is 0. The van der Waals surface area contributed by atoms with Crippen LogP contribution in [0.25, 0.3) is 0 Å². The normalized spacial score (nSPS) is 18.0. The zero-order valence-electron chi connectivity index (χ0n) is 14.7. The van der Waals surface area contributed by atoms with Crippen molar-refractivity contribution in [3.8, 4) is 6.07 Å². The molecular formula is C18H23N5O2. The van der Waals surface area contributed by atoms with Gasteiger partial charge in [-0.3, -0.25) is 19.7 Å². The van der Waals surface area contributed by atoms with Gasteiger partial charge < -0.3 is 4.42 Å². The Morgan fingerprint density at radius 1 is 1.48 bits per heavy atom. The fourth-order valence-corrected chi connectivity index (χ4v) is 3.30. The van der Waals surface area contributed by atoms with Crippen LogP contribution in [-0.4, -0.2) is 39.7 Å². The molecule has 0 aliphatic carbocycles. The number of nitrogens with one attached hydrogen (secondary N) is 1. The maximum absolute atomic E-state index is 12.5. The van der Waals surface area contributed by atoms with Gasteiger partial charge in [0.1, 0.15) is 17.4 Å². The molecular weight excluding hydrogens is 318 g/mol. The lowest BCUT2D eigenvalue weighted by molar-refractivity contribution is -0.118. The van der Waals surface area contributed by atoms with Crippen LogP contribution in [0.1, 0.15) is 36.1 Å². The van der Waals surface area contributed by atoms with Gasteiger partial charge in [-0.25, -0.2) is 0 Å². The molecule has 0 aromatic carbocycles. The summed E-state index contributed by atoms with van der Waals surface area (Å²) in [6, 6.07) is 4.29. The molecule has 3 rings (SSSR count). The Kier molecular flexibility index (Phi) is 5.19. The van der Waals surface area contributed by atoms with E-state index in [0.717, 1.165) is 31.5 Å². The predicted molar refractivity (Wildman–Crippen MR) is 93.0 cm³/mol. The van der Waals surface area contributed by atoms with Crippen molar-refractivity contribution in [2.24, 2.45) is 0 Å². The van der Waals surface area contributed by atoms with Gasteiger partial charge in [-0.15, -0.1) is 0 Å². The molecule has 0 spiro atoms. The second-order valence-corrected chi connectivity index (χ2v) is 6.50. The van der Waals surface area contributed by atoms with E-state index in [9.17, 15) is 10.1 Å². The molecule has 1 saturated heterocycles. The maximum atomic E-state index is 12.5. The van der Waals surface area contributed by atoms with Crippen LogP contribution >= 0.6 is 0 Å². The Labute approximate surface area is 147 Å². The van der Waals surface area contributed by atoms with Crippen molar-refractivity contribution >= 4 is 11.8 Å². The van der Waals surface area contributed by atoms with Gasteiger partial charge in [0.15, 0.2) is 0 Å². The van der Waals surface area contributed by atoms with Crippen LogP contribution in [0.15, 0.2) is 22.9 Å². The zero-order chi connectivity index (χ0) is 17.8. The molecule has 0 unspecified atom stereocenters. The first kappa shape index (κ1) is 17.2. The Morgan fingerprint density at radius 3 is 3.04 bits per heavy atom. The van der Waals surface area contributed by atoms with E-state index in [1.54, 1.807) is 13.1 Å². The quantitative estimate of drug-likeness (QED) is 0.902. The molecule has 1 atom stereocenters. The molecule has 3 heterocycles. The van der Waals surface area contributed by atoms with Crippen LogP contribution in [0, 0.1) is 25.2 Å². The first-order chi connectivity index (χ1) is 12.1. The first-order valence-corrected chi connectivity index (χ1v) is 8.60. The highest BCUT2D eigenvalue weighted by molar-refractivity contribution is 5.92. The lowest BCUT2D eigenvalue weighted by Gasteiger charge is -2.35. The van der Waals surface area contributed by atoms with Crippen LogP contribution in [0.5, 0.6) is 0 Å². The predicted octanol–water partition coefficient (Wildman–Crippen LogP) is 2.46. The SMILES string of the molecule is Cc1oc(NC(=O)CN2CCCC[C@H]2Cn2cccn2)c(C#N)c1C. The number of furan rings is 1. The van der Waals surface area contributed by atoms with Crippen LogP contribution in [0.4, 0.5) is 5.88 Å². The fourth-order valence-electron chi connectivity index (χ4n) is 3.30. The molecule has 1 N–H and O–H groups in total. The Bertz CT molecular complexity index is 772. The summed E-state index contributed by atoms with van der Waals surface area (Å²) in [6.45, 7) is 5.56. The molecule has 0 saturated carbocycles. The van der Waals surface area contributed by atoms with Crippen molar-refractivity contribution in [2.75, 3.05) is 18.4 Å². The molecule has 7 nitrogen and oxygen atoms in total. The minimum atomic E-state index is -0.155. The third-order valence-corrected chi connectivity index (χ3v) is 4.80. The van der Waals surface area contributed by atoms with Gasteiger partial charge in [0.25, 0.3) is 0 Å². The number of nitriles is 1. The molecule has 7 heteroatoms. The van der Waals surface area contributed by atoms with Crippen LogP contribution in [-0.2, 0) is 11.3 Å². The average Bonchev–Trinajstić information content (AvgIpc) is 3.18. The molecule has 2 aromatic rings. The van der Waals surface area contributed by atoms with Crippen molar-refractivity contribution in [1.82, 2.24) is 14.7 Å². The van der Waals surface area contributed by atoms with Crippen molar-refractivity contribution < 1.29 is 9.21 Å². The van der Waals surface area contributed by atoms with Crippen molar-refractivity contribution in [3.63, 3.8) is 0 Å². The molecule has 1 amide bonds. The van der Waals surface area contributed by atoms with Gasteiger partial charge in [0.2, 0.25) is 11.8 Å². The van der Waals surface area contributed by atoms with E-state index in [1.165, 1.54) is 6.42 Å². The van der Waals surface area contributed by atoms with Crippen LogP contribution in [0.2, 0.25) is 0 Å². The number of piperidine rings is 1. The average molecular weight is 341 g/mol. The molecule has 1 aliphatic heterocycles. The highest BCUT2D eigenvalue weighted by Crippen LogP contribution is 2.25. The number of likely N-dealkylation sites (tertiary alicyclic amines) is 1. The fraction of sp³-hybridized carbons (Fsp3) is 0.500. The summed E-state index contributed by atoms with van der Waals surface area (Å²) in [5.41, 5.74) is 1.17. The number of nitrogens with zero attached hydrogens (tertiary/aromatic N) is 4. The van der Waals surface area contributed by atoms with Crippen LogP contribution < -0.4 is 5.32 Å². The van der Waals surface area contributed by atoms with E-state index in [4.69, 9.17) is 4.42 Å². The summed E-state index contributed by atoms with van der Waals surface area (Å²) in [5, 5.41) is 16.3. The van der Waals surface area contributed by atoms with Crippen LogP contribution in [0.3, 0.4) is 0 Å². The van der Waals surface area contributed by atoms with E-state index in [0.29, 0.717) is 11.3 Å². The van der Waals surface area contributed by atoms with E-state index in [2.05, 4.69) is 21.4 Å². The number of aromatic nitrogens is 2. The van der Waals surface area contributed by atoms with Crippen molar-refractivity contribution in [1.29, 1.82) is 5.26 Å². The summed E-state index contributed by atoms with van der Waals surface area (Å²) in [4.78, 5) is 14.7. The number of amides is 1. The highest BCUT2D eigenvalue weighted by atomic mass is 16.4. The second-order valence-electron chi connectivity index (χ2n) is 6.50. The smallest absolute Gasteiger partial charge is 0.240 e. The minimum absolute atomic E-state index is 0.155. The Hall–Kier alpha value is -2.59. The molecule has 0 bridgehead atoms. The molecule has 132 valence electrons. The highest BCUT2D eigenvalue weighted by Gasteiger charge is 2.26. The number of carbonyl (C=O) groups excluding carboxylic acids is 1. The number of hydrogen-bond acceptors (Lipinski definition) is 5. The second kappa shape index (κ2) is 7.53. The van der Waals surface area contributed by atoms with E-state index in [1.807, 2.05) is 23.9 Å². The number of aryl methyl sites for hydroxylation is 1. The Balaban J connectivity index is 1.64. The van der Waals surface area contributed by atoms with E-state index in [-0.39, 0.29) is 24.4 Å². The van der Waals surface area contributed by atoms with Gasteiger partial charge in [-0.1, -0.05) is 6.42 Å². The van der Waals surface area contributed by atoms with Gasteiger partial charge in [0, 0.05) is 24.0 Å². The molecule has 1 aliphatic rings. The molecule has 2 aromatic heterocycles. The summed E-state index contributed by atoms with van der Waals surface area (Å²) < 4.78 is 7.43. The summed E-state index contributed by atoms with van der Waals surface area (Å²) in [7, 11) is 0. The lowest BCUT2D eigenvalue weighted by atomic mass is 10.0. The maximum Gasteiger partial charge on any atom is 0.240 e. The largest absolute Gasteiger partial charge is 0.444 e. The number of rotatable bonds is 5.